The monoisotopic (exact) mass is 802 g/mol. The molecule has 0 fully saturated rings. The molecule has 3 aromatic heterocycles. The Bertz CT molecular complexity index is 2500. The summed E-state index contributed by atoms with van der Waals surface area (Å²) in [6.45, 7) is 14.5. The number of fused-ring (bicyclic) bond motifs is 4. The number of rotatable bonds is 5. The van der Waals surface area contributed by atoms with Gasteiger partial charge in [0.25, 0.3) is 6.33 Å². The summed E-state index contributed by atoms with van der Waals surface area (Å²) >= 11 is 0. The second-order valence-electron chi connectivity index (χ2n) is 12.5. The zero-order valence-electron chi connectivity index (χ0n) is 26.5. The molecule has 0 atom stereocenters. The first kappa shape index (κ1) is 31.1. The Hall–Kier alpha value is -5.50. The third-order valence-corrected chi connectivity index (χ3v) is 8.38. The van der Waals surface area contributed by atoms with Crippen molar-refractivity contribution in [3.05, 3.63) is 157 Å². The van der Waals surface area contributed by atoms with Crippen LogP contribution in [-0.2, 0) is 26.5 Å². The van der Waals surface area contributed by atoms with Crippen molar-refractivity contribution in [1.82, 2.24) is 14.1 Å². The van der Waals surface area contributed by atoms with Gasteiger partial charge in [-0.15, -0.1) is 29.7 Å². The molecule has 7 heteroatoms. The van der Waals surface area contributed by atoms with E-state index in [1.165, 1.54) is 5.56 Å². The predicted octanol–water partition coefficient (Wildman–Crippen LogP) is 9.44. The minimum absolute atomic E-state index is 0. The van der Waals surface area contributed by atoms with E-state index in [1.807, 2.05) is 82.1 Å². The molecule has 236 valence electrons. The van der Waals surface area contributed by atoms with Crippen molar-refractivity contribution in [3.8, 4) is 28.7 Å². The molecule has 5 aromatic carbocycles. The standard InChI is InChI=1S/C41H29N5O.Pt/c1-41(2,3)28-20-21-43-40(22-28)46-36-15-9-8-14-34(36)35-19-18-32(26-39(35)46)47-33-24-29(42-4)23-31(25-33)45-27-44(30-12-6-5-7-13-30)37-16-10-11-17-38(37)45;/h5-24H,1-3H3;/q-2;. The molecule has 0 unspecified atom stereocenters. The van der Waals surface area contributed by atoms with E-state index in [9.17, 15) is 0 Å². The molecule has 8 aromatic rings. The Balaban J connectivity index is 0.00000364. The molecule has 6 nitrogen and oxygen atoms in total. The summed E-state index contributed by atoms with van der Waals surface area (Å²) < 4.78 is 12.5. The van der Waals surface area contributed by atoms with Crippen molar-refractivity contribution in [2.24, 2.45) is 0 Å². The number of para-hydroxylation sites is 4. The molecule has 0 aliphatic rings. The Labute approximate surface area is 293 Å². The van der Waals surface area contributed by atoms with E-state index in [4.69, 9.17) is 16.3 Å². The van der Waals surface area contributed by atoms with E-state index >= 15 is 0 Å². The summed E-state index contributed by atoms with van der Waals surface area (Å²) in [4.78, 5) is 8.54. The zero-order chi connectivity index (χ0) is 32.1. The average molecular weight is 803 g/mol. The van der Waals surface area contributed by atoms with Crippen LogP contribution in [0.3, 0.4) is 0 Å². The first-order valence-electron chi connectivity index (χ1n) is 15.4. The topological polar surface area (TPSA) is 40.2 Å². The molecular weight excluding hydrogens is 774 g/mol. The Morgan fingerprint density at radius 3 is 2.31 bits per heavy atom. The van der Waals surface area contributed by atoms with Crippen LogP contribution in [0.25, 0.3) is 54.9 Å². The van der Waals surface area contributed by atoms with Gasteiger partial charge in [0.1, 0.15) is 5.82 Å². The van der Waals surface area contributed by atoms with Crippen LogP contribution in [0.5, 0.6) is 11.5 Å². The number of imidazole rings is 1. The third-order valence-electron chi connectivity index (χ3n) is 8.38. The quantitative estimate of drug-likeness (QED) is 0.129. The number of benzene rings is 5. The number of hydrogen-bond acceptors (Lipinski definition) is 2. The molecule has 0 aliphatic carbocycles. The Kier molecular flexibility index (Phi) is 7.95. The van der Waals surface area contributed by atoms with Gasteiger partial charge in [-0.1, -0.05) is 92.6 Å². The number of aromatic nitrogens is 4. The summed E-state index contributed by atoms with van der Waals surface area (Å²) in [7, 11) is 0. The van der Waals surface area contributed by atoms with Gasteiger partial charge < -0.3 is 13.9 Å². The van der Waals surface area contributed by atoms with E-state index in [0.29, 0.717) is 22.9 Å². The predicted molar refractivity (Wildman–Crippen MR) is 185 cm³/mol. The number of pyridine rings is 1. The fourth-order valence-corrected chi connectivity index (χ4v) is 6.06. The van der Waals surface area contributed by atoms with Crippen LogP contribution in [-0.4, -0.2) is 14.1 Å². The van der Waals surface area contributed by atoms with Gasteiger partial charge in [0, 0.05) is 38.5 Å². The molecule has 0 aliphatic heterocycles. The molecule has 0 N–H and O–H groups in total. The summed E-state index contributed by atoms with van der Waals surface area (Å²) in [5.74, 6) is 1.75. The van der Waals surface area contributed by atoms with Crippen LogP contribution in [0.1, 0.15) is 26.3 Å². The van der Waals surface area contributed by atoms with Gasteiger partial charge in [0.2, 0.25) is 0 Å². The third kappa shape index (κ3) is 5.47. The fraction of sp³-hybridized carbons (Fsp3) is 0.0976. The van der Waals surface area contributed by atoms with Gasteiger partial charge >= 0.3 is 0 Å². The van der Waals surface area contributed by atoms with Crippen molar-refractivity contribution >= 4 is 38.5 Å². The van der Waals surface area contributed by atoms with Crippen LogP contribution in [0, 0.1) is 25.0 Å². The van der Waals surface area contributed by atoms with E-state index in [-0.39, 0.29) is 26.5 Å². The van der Waals surface area contributed by atoms with E-state index in [2.05, 4.69) is 85.0 Å². The smallest absolute Gasteiger partial charge is 0.268 e. The SMILES string of the molecule is [C-]#[N+]c1cc(Oc2[c-]c3c(cc2)c2ccccc2n3-c2cc(C(C)(C)C)ccn2)[c-]c(-[n+]2[c-]n(-c3ccccc3)c3ccccc32)c1.[Pt]. The molecule has 0 spiro atoms. The molecule has 0 saturated carbocycles. The van der Waals surface area contributed by atoms with Crippen LogP contribution in [0.2, 0.25) is 0 Å². The molecule has 48 heavy (non-hydrogen) atoms. The largest absolute Gasteiger partial charge is 0.511 e. The number of nitrogens with zero attached hydrogens (tertiary/aromatic N) is 5. The van der Waals surface area contributed by atoms with Crippen LogP contribution >= 0.6 is 0 Å². The normalized spacial score (nSPS) is 11.5. The minimum Gasteiger partial charge on any atom is -0.511 e. The second kappa shape index (κ2) is 12.3. The van der Waals surface area contributed by atoms with Crippen molar-refractivity contribution in [3.63, 3.8) is 0 Å². The van der Waals surface area contributed by atoms with Gasteiger partial charge in [-0.25, -0.2) is 4.98 Å². The van der Waals surface area contributed by atoms with Gasteiger partial charge in [-0.05, 0) is 52.4 Å². The molecule has 0 radical (unpaired) electrons. The van der Waals surface area contributed by atoms with Crippen molar-refractivity contribution < 1.29 is 30.4 Å². The van der Waals surface area contributed by atoms with Gasteiger partial charge in [0.15, 0.2) is 0 Å². The zero-order valence-corrected chi connectivity index (χ0v) is 28.8. The fourth-order valence-electron chi connectivity index (χ4n) is 6.06. The Morgan fingerprint density at radius 2 is 1.52 bits per heavy atom. The van der Waals surface area contributed by atoms with Gasteiger partial charge in [-0.3, -0.25) is 9.41 Å². The van der Waals surface area contributed by atoms with Gasteiger partial charge in [0.05, 0.1) is 29.0 Å². The molecule has 0 saturated heterocycles. The van der Waals surface area contributed by atoms with Crippen molar-refractivity contribution in [2.75, 3.05) is 0 Å². The average Bonchev–Trinajstić information content (AvgIpc) is 3.64. The Morgan fingerprint density at radius 1 is 0.771 bits per heavy atom. The van der Waals surface area contributed by atoms with Crippen LogP contribution in [0.4, 0.5) is 5.69 Å². The summed E-state index contributed by atoms with van der Waals surface area (Å²) in [5.41, 5.74) is 7.06. The summed E-state index contributed by atoms with van der Waals surface area (Å²) in [6.07, 6.45) is 5.34. The molecule has 0 amide bonds. The maximum Gasteiger partial charge on any atom is 0.268 e. The molecule has 0 bridgehead atoms. The maximum atomic E-state index is 7.85. The number of ether oxygens (including phenoxy) is 1. The molecule has 3 heterocycles. The summed E-state index contributed by atoms with van der Waals surface area (Å²) in [5, 5.41) is 2.16. The second-order valence-corrected chi connectivity index (χ2v) is 12.5. The van der Waals surface area contributed by atoms with Gasteiger partial charge in [-0.2, -0.15) is 12.1 Å². The van der Waals surface area contributed by atoms with Crippen molar-refractivity contribution in [1.29, 1.82) is 0 Å². The first-order valence-corrected chi connectivity index (χ1v) is 15.4. The van der Waals surface area contributed by atoms with Crippen molar-refractivity contribution in [2.45, 2.75) is 26.2 Å². The minimum atomic E-state index is -0.0290. The van der Waals surface area contributed by atoms with Crippen LogP contribution < -0.4 is 9.30 Å². The van der Waals surface area contributed by atoms with Crippen LogP contribution in [0.15, 0.2) is 121 Å². The van der Waals surface area contributed by atoms with E-state index < -0.39 is 0 Å². The summed E-state index contributed by atoms with van der Waals surface area (Å²) in [6, 6.07) is 45.1. The van der Waals surface area contributed by atoms with E-state index in [0.717, 1.165) is 44.3 Å². The number of hydrogen-bond donors (Lipinski definition) is 0. The first-order chi connectivity index (χ1) is 22.9. The maximum absolute atomic E-state index is 7.85. The molecule has 8 rings (SSSR count). The molecular formula is C41H29N5OPt-2. The van der Waals surface area contributed by atoms with E-state index in [1.54, 1.807) is 12.1 Å².